The van der Waals surface area contributed by atoms with Crippen LogP contribution >= 0.6 is 0 Å². The van der Waals surface area contributed by atoms with Gasteiger partial charge in [0.15, 0.2) is 11.5 Å². The lowest BCUT2D eigenvalue weighted by Gasteiger charge is -2.24. The smallest absolute Gasteiger partial charge is 0.241 e. The predicted octanol–water partition coefficient (Wildman–Crippen LogP) is 3.21. The molecule has 0 bridgehead atoms. The van der Waals surface area contributed by atoms with E-state index < -0.39 is 0 Å². The molecule has 0 aliphatic carbocycles. The normalized spacial score (nSPS) is 14.6. The summed E-state index contributed by atoms with van der Waals surface area (Å²) in [5.74, 6) is 0.717. The maximum atomic E-state index is 13.2. The number of anilines is 1. The van der Waals surface area contributed by atoms with Gasteiger partial charge in [-0.25, -0.2) is 0 Å². The summed E-state index contributed by atoms with van der Waals surface area (Å²) in [6.45, 7) is 4.69. The van der Waals surface area contributed by atoms with Crippen LogP contribution in [0.4, 0.5) is 5.69 Å². The quantitative estimate of drug-likeness (QED) is 0.515. The molecule has 0 N–H and O–H groups in total. The van der Waals surface area contributed by atoms with Crippen molar-refractivity contribution >= 4 is 28.0 Å². The van der Waals surface area contributed by atoms with E-state index in [9.17, 15) is 4.79 Å². The minimum atomic E-state index is 0.0670. The Hall–Kier alpha value is -3.32. The molecular weight excluding hydrogens is 376 g/mol. The minimum Gasteiger partial charge on any atom is -0.304 e. The van der Waals surface area contributed by atoms with E-state index in [1.165, 1.54) is 0 Å². The Morgan fingerprint density at radius 1 is 0.967 bits per heavy atom. The SMILES string of the molecule is Cc1nn2c(CN(C(=O)CN3CCCC3)c3ccccc3)nnc2c2ccccc12. The van der Waals surface area contributed by atoms with Gasteiger partial charge in [0, 0.05) is 16.5 Å². The average Bonchev–Trinajstić information content (AvgIpc) is 3.43. The summed E-state index contributed by atoms with van der Waals surface area (Å²) in [4.78, 5) is 17.3. The fraction of sp³-hybridized carbons (Fsp3) is 0.304. The molecule has 2 aromatic heterocycles. The first kappa shape index (κ1) is 18.7. The van der Waals surface area contributed by atoms with Crippen LogP contribution in [0.25, 0.3) is 16.4 Å². The maximum absolute atomic E-state index is 13.2. The second kappa shape index (κ2) is 7.84. The Kier molecular flexibility index (Phi) is 4.88. The molecule has 3 heterocycles. The van der Waals surface area contributed by atoms with Gasteiger partial charge in [-0.05, 0) is 45.0 Å². The number of para-hydroxylation sites is 1. The lowest BCUT2D eigenvalue weighted by Crippen LogP contribution is -2.39. The van der Waals surface area contributed by atoms with Crippen LogP contribution in [0.5, 0.6) is 0 Å². The molecule has 0 spiro atoms. The number of likely N-dealkylation sites (tertiary alicyclic amines) is 1. The highest BCUT2D eigenvalue weighted by Crippen LogP contribution is 2.23. The highest BCUT2D eigenvalue weighted by atomic mass is 16.2. The third kappa shape index (κ3) is 3.41. The molecular formula is C23H24N6O. The van der Waals surface area contributed by atoms with Gasteiger partial charge >= 0.3 is 0 Å². The van der Waals surface area contributed by atoms with Crippen LogP contribution in [-0.2, 0) is 11.3 Å². The summed E-state index contributed by atoms with van der Waals surface area (Å²) in [6.07, 6.45) is 2.31. The number of nitrogens with zero attached hydrogens (tertiary/aromatic N) is 6. The zero-order chi connectivity index (χ0) is 20.5. The van der Waals surface area contributed by atoms with Crippen molar-refractivity contribution in [3.8, 4) is 0 Å². The highest BCUT2D eigenvalue weighted by Gasteiger charge is 2.23. The maximum Gasteiger partial charge on any atom is 0.241 e. The Morgan fingerprint density at radius 3 is 2.43 bits per heavy atom. The predicted molar refractivity (Wildman–Crippen MR) is 116 cm³/mol. The van der Waals surface area contributed by atoms with E-state index in [-0.39, 0.29) is 5.91 Å². The van der Waals surface area contributed by atoms with Gasteiger partial charge in [0.25, 0.3) is 0 Å². The molecule has 1 aliphatic heterocycles. The second-order valence-electron chi connectivity index (χ2n) is 7.78. The molecule has 0 radical (unpaired) electrons. The van der Waals surface area contributed by atoms with Gasteiger partial charge in [0.2, 0.25) is 5.91 Å². The van der Waals surface area contributed by atoms with Crippen molar-refractivity contribution in [2.75, 3.05) is 24.5 Å². The van der Waals surface area contributed by atoms with E-state index in [1.807, 2.05) is 61.5 Å². The van der Waals surface area contributed by atoms with Crippen molar-refractivity contribution in [3.05, 3.63) is 66.1 Å². The number of hydrogen-bond acceptors (Lipinski definition) is 5. The molecule has 5 rings (SSSR count). The number of hydrogen-bond donors (Lipinski definition) is 0. The van der Waals surface area contributed by atoms with Crippen LogP contribution in [0.3, 0.4) is 0 Å². The molecule has 1 saturated heterocycles. The van der Waals surface area contributed by atoms with Crippen LogP contribution in [0, 0.1) is 6.92 Å². The van der Waals surface area contributed by atoms with Gasteiger partial charge in [0.1, 0.15) is 0 Å². The van der Waals surface area contributed by atoms with E-state index in [0.29, 0.717) is 24.6 Å². The standard InChI is InChI=1S/C23H24N6O/c1-17-19-11-5-6-12-20(19)23-25-24-21(29(23)26-17)15-28(18-9-3-2-4-10-18)22(30)16-27-13-7-8-14-27/h2-6,9-12H,7-8,13-16H2,1H3. The molecule has 0 saturated carbocycles. The molecule has 4 aromatic rings. The Morgan fingerprint density at radius 2 is 1.67 bits per heavy atom. The van der Waals surface area contributed by atoms with Gasteiger partial charge in [-0.2, -0.15) is 9.61 Å². The van der Waals surface area contributed by atoms with E-state index in [2.05, 4.69) is 15.1 Å². The zero-order valence-electron chi connectivity index (χ0n) is 17.0. The van der Waals surface area contributed by atoms with Crippen molar-refractivity contribution in [3.63, 3.8) is 0 Å². The Balaban J connectivity index is 1.53. The fourth-order valence-corrected chi connectivity index (χ4v) is 4.17. The van der Waals surface area contributed by atoms with Gasteiger partial charge < -0.3 is 4.90 Å². The summed E-state index contributed by atoms with van der Waals surface area (Å²) in [5.41, 5.74) is 2.48. The molecule has 152 valence electrons. The topological polar surface area (TPSA) is 66.6 Å². The van der Waals surface area contributed by atoms with E-state index in [1.54, 1.807) is 9.42 Å². The van der Waals surface area contributed by atoms with Crippen LogP contribution in [0.15, 0.2) is 54.6 Å². The molecule has 7 heteroatoms. The van der Waals surface area contributed by atoms with Crippen molar-refractivity contribution in [2.24, 2.45) is 0 Å². The van der Waals surface area contributed by atoms with Crippen LogP contribution in [0.2, 0.25) is 0 Å². The first-order valence-electron chi connectivity index (χ1n) is 10.4. The number of aryl methyl sites for hydroxylation is 1. The number of rotatable bonds is 5. The first-order chi connectivity index (χ1) is 14.7. The molecule has 7 nitrogen and oxygen atoms in total. The number of carbonyl (C=O) groups excluding carboxylic acids is 1. The second-order valence-corrected chi connectivity index (χ2v) is 7.78. The first-order valence-corrected chi connectivity index (χ1v) is 10.4. The summed E-state index contributed by atoms with van der Waals surface area (Å²) in [6, 6.07) is 17.8. The number of benzene rings is 2. The zero-order valence-corrected chi connectivity index (χ0v) is 17.0. The molecule has 1 fully saturated rings. The average molecular weight is 400 g/mol. The summed E-state index contributed by atoms with van der Waals surface area (Å²) in [5, 5.41) is 15.6. The molecule has 2 aromatic carbocycles. The van der Waals surface area contributed by atoms with Crippen LogP contribution in [-0.4, -0.2) is 50.3 Å². The Labute approximate surface area is 174 Å². The molecule has 30 heavy (non-hydrogen) atoms. The van der Waals surface area contributed by atoms with Crippen LogP contribution in [0.1, 0.15) is 24.4 Å². The summed E-state index contributed by atoms with van der Waals surface area (Å²) < 4.78 is 1.77. The van der Waals surface area contributed by atoms with Gasteiger partial charge in [0.05, 0.1) is 18.8 Å². The molecule has 1 amide bonds. The Bertz CT molecular complexity index is 1200. The highest BCUT2D eigenvalue weighted by molar-refractivity contribution is 5.96. The summed E-state index contributed by atoms with van der Waals surface area (Å²) in [7, 11) is 0. The number of aromatic nitrogens is 4. The van der Waals surface area contributed by atoms with E-state index in [4.69, 9.17) is 5.10 Å². The largest absolute Gasteiger partial charge is 0.304 e. The van der Waals surface area contributed by atoms with Crippen LogP contribution < -0.4 is 4.90 Å². The summed E-state index contributed by atoms with van der Waals surface area (Å²) >= 11 is 0. The molecule has 0 atom stereocenters. The molecule has 1 aliphatic rings. The lowest BCUT2D eigenvalue weighted by atomic mass is 10.1. The third-order valence-corrected chi connectivity index (χ3v) is 5.74. The number of carbonyl (C=O) groups is 1. The monoisotopic (exact) mass is 400 g/mol. The van der Waals surface area contributed by atoms with Gasteiger partial charge in [-0.3, -0.25) is 9.69 Å². The van der Waals surface area contributed by atoms with Gasteiger partial charge in [-0.15, -0.1) is 10.2 Å². The van der Waals surface area contributed by atoms with Gasteiger partial charge in [-0.1, -0.05) is 42.5 Å². The van der Waals surface area contributed by atoms with Crippen molar-refractivity contribution in [1.82, 2.24) is 24.7 Å². The van der Waals surface area contributed by atoms with Crippen molar-refractivity contribution < 1.29 is 4.79 Å². The minimum absolute atomic E-state index is 0.0670. The molecule has 0 unspecified atom stereocenters. The number of amides is 1. The third-order valence-electron chi connectivity index (χ3n) is 5.74. The van der Waals surface area contributed by atoms with E-state index >= 15 is 0 Å². The lowest BCUT2D eigenvalue weighted by molar-refractivity contribution is -0.119. The van der Waals surface area contributed by atoms with Crippen molar-refractivity contribution in [1.29, 1.82) is 0 Å². The van der Waals surface area contributed by atoms with Crippen molar-refractivity contribution in [2.45, 2.75) is 26.3 Å². The number of fused-ring (bicyclic) bond motifs is 3. The fourth-order valence-electron chi connectivity index (χ4n) is 4.17. The van der Waals surface area contributed by atoms with E-state index in [0.717, 1.165) is 48.1 Å².